The van der Waals surface area contributed by atoms with Crippen LogP contribution >= 0.6 is 0 Å². The second-order valence-corrected chi connectivity index (χ2v) is 9.97. The summed E-state index contributed by atoms with van der Waals surface area (Å²) in [6, 6.07) is 15.8. The van der Waals surface area contributed by atoms with Crippen LogP contribution in [0.2, 0.25) is 0 Å². The summed E-state index contributed by atoms with van der Waals surface area (Å²) in [7, 11) is -2.20. The molecular weight excluding hydrogens is 426 g/mol. The molecule has 2 aromatic carbocycles. The number of nitrogens with zero attached hydrogens (tertiary/aromatic N) is 2. The van der Waals surface area contributed by atoms with E-state index in [1.54, 1.807) is 12.1 Å². The van der Waals surface area contributed by atoms with Gasteiger partial charge in [0.05, 0.1) is 11.9 Å². The molecular formula is C24H33N3O4S. The van der Waals surface area contributed by atoms with Crippen molar-refractivity contribution >= 4 is 27.5 Å². The van der Waals surface area contributed by atoms with Crippen LogP contribution in [-0.2, 0) is 26.2 Å². The Morgan fingerprint density at radius 3 is 2.06 bits per heavy atom. The van der Waals surface area contributed by atoms with Crippen LogP contribution in [0.4, 0.5) is 5.69 Å². The van der Waals surface area contributed by atoms with Gasteiger partial charge in [-0.1, -0.05) is 63.2 Å². The lowest BCUT2D eigenvalue weighted by molar-refractivity contribution is -0.140. The zero-order valence-corrected chi connectivity index (χ0v) is 20.2. The van der Waals surface area contributed by atoms with Crippen LogP contribution in [0.15, 0.2) is 54.6 Å². The molecule has 174 valence electrons. The monoisotopic (exact) mass is 459 g/mol. The van der Waals surface area contributed by atoms with E-state index in [0.717, 1.165) is 21.7 Å². The van der Waals surface area contributed by atoms with Gasteiger partial charge in [-0.15, -0.1) is 0 Å². The first-order valence-electron chi connectivity index (χ1n) is 10.7. The fourth-order valence-electron chi connectivity index (χ4n) is 3.51. The highest BCUT2D eigenvalue weighted by molar-refractivity contribution is 7.92. The lowest BCUT2D eigenvalue weighted by Gasteiger charge is -2.32. The summed E-state index contributed by atoms with van der Waals surface area (Å²) < 4.78 is 26.2. The van der Waals surface area contributed by atoms with Crippen LogP contribution in [0, 0.1) is 0 Å². The van der Waals surface area contributed by atoms with Gasteiger partial charge in [0.2, 0.25) is 21.8 Å². The van der Waals surface area contributed by atoms with E-state index in [1.165, 1.54) is 11.9 Å². The normalized spacial score (nSPS) is 12.3. The average Bonchev–Trinajstić information content (AvgIpc) is 2.76. The van der Waals surface area contributed by atoms with Crippen molar-refractivity contribution in [1.82, 2.24) is 10.2 Å². The molecule has 2 aromatic rings. The van der Waals surface area contributed by atoms with E-state index in [-0.39, 0.29) is 19.0 Å². The van der Waals surface area contributed by atoms with Crippen molar-refractivity contribution < 1.29 is 18.0 Å². The van der Waals surface area contributed by atoms with Crippen molar-refractivity contribution in [2.24, 2.45) is 0 Å². The fraction of sp³-hybridized carbons (Fsp3) is 0.417. The Labute approximate surface area is 191 Å². The zero-order chi connectivity index (χ0) is 23.9. The summed E-state index contributed by atoms with van der Waals surface area (Å²) in [6.45, 7) is 5.75. The van der Waals surface area contributed by atoms with Crippen LogP contribution in [0.25, 0.3) is 0 Å². The summed E-state index contributed by atoms with van der Waals surface area (Å²) >= 11 is 0. The second-order valence-electron chi connectivity index (χ2n) is 8.06. The topological polar surface area (TPSA) is 86.8 Å². The number of carbonyl (C=O) groups excluding carboxylic acids is 2. The molecule has 0 radical (unpaired) electrons. The molecule has 7 nitrogen and oxygen atoms in total. The quantitative estimate of drug-likeness (QED) is 0.591. The molecule has 0 spiro atoms. The van der Waals surface area contributed by atoms with Gasteiger partial charge in [0.25, 0.3) is 0 Å². The highest BCUT2D eigenvalue weighted by atomic mass is 32.2. The average molecular weight is 460 g/mol. The SMILES string of the molecule is CC[C@@H](C(=O)NC)N(Cc1ccccc1)C(=O)CN(c1ccc(C(C)C)cc1)S(C)(=O)=O. The lowest BCUT2D eigenvalue weighted by Crippen LogP contribution is -2.51. The lowest BCUT2D eigenvalue weighted by atomic mass is 10.0. The minimum absolute atomic E-state index is 0.204. The largest absolute Gasteiger partial charge is 0.357 e. The van der Waals surface area contributed by atoms with Crippen LogP contribution < -0.4 is 9.62 Å². The predicted molar refractivity (Wildman–Crippen MR) is 128 cm³/mol. The van der Waals surface area contributed by atoms with Gasteiger partial charge >= 0.3 is 0 Å². The number of amides is 2. The Morgan fingerprint density at radius 2 is 1.59 bits per heavy atom. The molecule has 0 aliphatic carbocycles. The predicted octanol–water partition coefficient (Wildman–Crippen LogP) is 3.13. The molecule has 0 saturated carbocycles. The molecule has 32 heavy (non-hydrogen) atoms. The molecule has 0 bridgehead atoms. The van der Waals surface area contributed by atoms with Crippen LogP contribution in [-0.4, -0.2) is 51.0 Å². The molecule has 0 fully saturated rings. The molecule has 8 heteroatoms. The first kappa shape index (κ1) is 25.4. The molecule has 0 aromatic heterocycles. The van der Waals surface area contributed by atoms with Gasteiger partial charge in [-0.2, -0.15) is 0 Å². The van der Waals surface area contributed by atoms with E-state index in [1.807, 2.05) is 49.4 Å². The van der Waals surface area contributed by atoms with Gasteiger partial charge in [0, 0.05) is 13.6 Å². The number of benzene rings is 2. The highest BCUT2D eigenvalue weighted by Crippen LogP contribution is 2.23. The first-order chi connectivity index (χ1) is 15.1. The van der Waals surface area contributed by atoms with Crippen LogP contribution in [0.3, 0.4) is 0 Å². The number of nitrogens with one attached hydrogen (secondary N) is 1. The minimum atomic E-state index is -3.73. The summed E-state index contributed by atoms with van der Waals surface area (Å²) in [5, 5.41) is 2.60. The number of anilines is 1. The second kappa shape index (κ2) is 11.1. The Bertz CT molecular complexity index is 1010. The van der Waals surface area contributed by atoms with Crippen molar-refractivity contribution in [1.29, 1.82) is 0 Å². The number of hydrogen-bond acceptors (Lipinski definition) is 4. The summed E-state index contributed by atoms with van der Waals surface area (Å²) in [5.41, 5.74) is 2.35. The maximum atomic E-state index is 13.4. The molecule has 2 amide bonds. The summed E-state index contributed by atoms with van der Waals surface area (Å²) in [5.74, 6) is -0.428. The molecule has 2 rings (SSSR count). The van der Waals surface area contributed by atoms with Crippen LogP contribution in [0.5, 0.6) is 0 Å². The smallest absolute Gasteiger partial charge is 0.244 e. The number of likely N-dealkylation sites (N-methyl/N-ethyl adjacent to an activating group) is 1. The third-order valence-electron chi connectivity index (χ3n) is 5.35. The highest BCUT2D eigenvalue weighted by Gasteiger charge is 2.31. The standard InChI is InChI=1S/C24H33N3O4S/c1-6-22(24(29)25-4)26(16-19-10-8-7-9-11-19)23(28)17-27(32(5,30)31)21-14-12-20(13-15-21)18(2)3/h7-15,18,22H,6,16-17H2,1-5H3,(H,25,29)/t22-/m0/s1. The van der Waals surface area contributed by atoms with Gasteiger partial charge in [0.1, 0.15) is 12.6 Å². The maximum absolute atomic E-state index is 13.4. The van der Waals surface area contributed by atoms with E-state index in [2.05, 4.69) is 19.2 Å². The van der Waals surface area contributed by atoms with E-state index in [9.17, 15) is 18.0 Å². The fourth-order valence-corrected chi connectivity index (χ4v) is 4.36. The van der Waals surface area contributed by atoms with Crippen LogP contribution in [0.1, 0.15) is 44.2 Å². The Balaban J connectivity index is 2.39. The number of hydrogen-bond donors (Lipinski definition) is 1. The molecule has 0 heterocycles. The number of sulfonamides is 1. The molecule has 0 unspecified atom stereocenters. The maximum Gasteiger partial charge on any atom is 0.244 e. The zero-order valence-electron chi connectivity index (χ0n) is 19.4. The third-order valence-corrected chi connectivity index (χ3v) is 6.50. The number of rotatable bonds is 10. The van der Waals surface area contributed by atoms with Crippen molar-refractivity contribution in [2.45, 2.75) is 45.7 Å². The van der Waals surface area contributed by atoms with Gasteiger partial charge in [-0.3, -0.25) is 13.9 Å². The Morgan fingerprint density at radius 1 is 1.00 bits per heavy atom. The van der Waals surface area contributed by atoms with Crippen molar-refractivity contribution in [3.8, 4) is 0 Å². The number of carbonyl (C=O) groups is 2. The molecule has 1 N–H and O–H groups in total. The first-order valence-corrected chi connectivity index (χ1v) is 12.6. The van der Waals surface area contributed by atoms with E-state index >= 15 is 0 Å². The van der Waals surface area contributed by atoms with E-state index < -0.39 is 22.0 Å². The van der Waals surface area contributed by atoms with Crippen molar-refractivity contribution in [3.05, 3.63) is 65.7 Å². The van der Waals surface area contributed by atoms with Gasteiger partial charge in [0.15, 0.2) is 0 Å². The third kappa shape index (κ3) is 6.56. The molecule has 1 atom stereocenters. The summed E-state index contributed by atoms with van der Waals surface area (Å²) in [6.07, 6.45) is 1.48. The van der Waals surface area contributed by atoms with Gasteiger partial charge in [-0.25, -0.2) is 8.42 Å². The molecule has 0 saturated heterocycles. The van der Waals surface area contributed by atoms with E-state index in [0.29, 0.717) is 18.0 Å². The van der Waals surface area contributed by atoms with Crippen molar-refractivity contribution in [2.75, 3.05) is 24.2 Å². The summed E-state index contributed by atoms with van der Waals surface area (Å²) in [4.78, 5) is 27.4. The Kier molecular flexibility index (Phi) is 8.83. The van der Waals surface area contributed by atoms with Gasteiger partial charge < -0.3 is 10.2 Å². The Hall–Kier alpha value is -2.87. The minimum Gasteiger partial charge on any atom is -0.357 e. The van der Waals surface area contributed by atoms with Gasteiger partial charge in [-0.05, 0) is 35.6 Å². The van der Waals surface area contributed by atoms with E-state index in [4.69, 9.17) is 0 Å². The van der Waals surface area contributed by atoms with Crippen molar-refractivity contribution in [3.63, 3.8) is 0 Å². The molecule has 0 aliphatic heterocycles. The molecule has 0 aliphatic rings.